The highest BCUT2D eigenvalue weighted by Gasteiger charge is 2.13. The Morgan fingerprint density at radius 1 is 1.20 bits per heavy atom. The summed E-state index contributed by atoms with van der Waals surface area (Å²) in [6, 6.07) is 10.9. The summed E-state index contributed by atoms with van der Waals surface area (Å²) >= 11 is 5.70. The first-order chi connectivity index (χ1) is 12.0. The number of halogens is 2. The molecule has 0 aliphatic carbocycles. The summed E-state index contributed by atoms with van der Waals surface area (Å²) in [4.78, 5) is 23.9. The van der Waals surface area contributed by atoms with Gasteiger partial charge in [0.05, 0.1) is 22.9 Å². The fourth-order valence-corrected chi connectivity index (χ4v) is 2.30. The Bertz CT molecular complexity index is 768. The van der Waals surface area contributed by atoms with E-state index in [4.69, 9.17) is 16.3 Å². The van der Waals surface area contributed by atoms with Crippen LogP contribution in [-0.2, 0) is 9.53 Å². The van der Waals surface area contributed by atoms with E-state index in [1.807, 2.05) is 0 Å². The van der Waals surface area contributed by atoms with Crippen LogP contribution in [-0.4, -0.2) is 25.0 Å². The third-order valence-corrected chi connectivity index (χ3v) is 3.59. The second-order valence-corrected chi connectivity index (χ2v) is 5.53. The number of ether oxygens (including phenoxy) is 1. The van der Waals surface area contributed by atoms with E-state index in [9.17, 15) is 14.0 Å². The van der Waals surface area contributed by atoms with Crippen molar-refractivity contribution < 1.29 is 18.7 Å². The van der Waals surface area contributed by atoms with Gasteiger partial charge in [0.25, 0.3) is 0 Å². The molecule has 0 heterocycles. The number of hydrogen-bond donors (Lipinski definition) is 2. The van der Waals surface area contributed by atoms with Gasteiger partial charge in [0.1, 0.15) is 5.82 Å². The van der Waals surface area contributed by atoms with Crippen LogP contribution in [0.25, 0.3) is 0 Å². The third-order valence-electron chi connectivity index (χ3n) is 3.30. The predicted molar refractivity (Wildman–Crippen MR) is 95.5 cm³/mol. The van der Waals surface area contributed by atoms with E-state index in [0.29, 0.717) is 23.5 Å². The van der Waals surface area contributed by atoms with Gasteiger partial charge in [0.2, 0.25) is 5.91 Å². The molecule has 0 bridgehead atoms. The maximum Gasteiger partial charge on any atom is 0.340 e. The quantitative estimate of drug-likeness (QED) is 0.726. The number of para-hydroxylation sites is 1. The van der Waals surface area contributed by atoms with Gasteiger partial charge in [-0.2, -0.15) is 0 Å². The molecule has 0 aromatic heterocycles. The van der Waals surface area contributed by atoms with Crippen molar-refractivity contribution in [1.82, 2.24) is 0 Å². The molecule has 0 saturated heterocycles. The number of rotatable bonds is 7. The first-order valence-corrected chi connectivity index (χ1v) is 8.14. The molecule has 2 aromatic carbocycles. The van der Waals surface area contributed by atoms with Crippen LogP contribution < -0.4 is 10.6 Å². The lowest BCUT2D eigenvalue weighted by Crippen LogP contribution is -2.18. The second-order valence-electron chi connectivity index (χ2n) is 5.12. The monoisotopic (exact) mass is 364 g/mol. The van der Waals surface area contributed by atoms with Gasteiger partial charge in [0, 0.05) is 18.7 Å². The van der Waals surface area contributed by atoms with Gasteiger partial charge in [-0.1, -0.05) is 23.7 Å². The largest absolute Gasteiger partial charge is 0.462 e. The number of nitrogens with one attached hydrogen (secondary N) is 2. The number of esters is 1. The van der Waals surface area contributed by atoms with E-state index in [0.717, 1.165) is 0 Å². The minimum atomic E-state index is -0.500. The fourth-order valence-electron chi connectivity index (χ4n) is 2.12. The summed E-state index contributed by atoms with van der Waals surface area (Å²) in [5, 5.41) is 5.69. The fraction of sp³-hybridized carbons (Fsp3) is 0.222. The van der Waals surface area contributed by atoms with E-state index >= 15 is 0 Å². The zero-order chi connectivity index (χ0) is 18.2. The van der Waals surface area contributed by atoms with Gasteiger partial charge in [-0.3, -0.25) is 4.79 Å². The van der Waals surface area contributed by atoms with Crippen LogP contribution in [0.15, 0.2) is 42.5 Å². The standard InChI is InChI=1S/C18H18ClFN2O3/c1-2-25-18(24)13-5-3-4-6-16(13)22-17(23)9-10-21-12-7-8-15(20)14(19)11-12/h3-8,11,21H,2,9-10H2,1H3,(H,22,23). The molecule has 2 aromatic rings. The minimum Gasteiger partial charge on any atom is -0.462 e. The molecule has 0 unspecified atom stereocenters. The maximum absolute atomic E-state index is 13.1. The number of hydrogen-bond acceptors (Lipinski definition) is 4. The molecule has 0 aliphatic rings. The van der Waals surface area contributed by atoms with E-state index in [1.165, 1.54) is 18.2 Å². The van der Waals surface area contributed by atoms with Crippen molar-refractivity contribution >= 4 is 34.9 Å². The molecular weight excluding hydrogens is 347 g/mol. The van der Waals surface area contributed by atoms with Crippen LogP contribution >= 0.6 is 11.6 Å². The minimum absolute atomic E-state index is 0.0119. The van der Waals surface area contributed by atoms with Gasteiger partial charge in [-0.05, 0) is 37.3 Å². The summed E-state index contributed by atoms with van der Waals surface area (Å²) in [5.74, 6) is -1.25. The molecule has 2 rings (SSSR count). The summed E-state index contributed by atoms with van der Waals surface area (Å²) in [6.45, 7) is 2.30. The zero-order valence-electron chi connectivity index (χ0n) is 13.6. The normalized spacial score (nSPS) is 10.2. The Morgan fingerprint density at radius 2 is 1.96 bits per heavy atom. The molecule has 0 fully saturated rings. The average Bonchev–Trinajstić information content (AvgIpc) is 2.59. The van der Waals surface area contributed by atoms with E-state index in [2.05, 4.69) is 10.6 Å². The highest BCUT2D eigenvalue weighted by molar-refractivity contribution is 6.31. The van der Waals surface area contributed by atoms with Crippen molar-refractivity contribution in [3.8, 4) is 0 Å². The second kappa shape index (κ2) is 9.03. The Balaban J connectivity index is 1.90. The van der Waals surface area contributed by atoms with Crippen molar-refractivity contribution in [2.45, 2.75) is 13.3 Å². The van der Waals surface area contributed by atoms with Crippen molar-refractivity contribution in [3.63, 3.8) is 0 Å². The summed E-state index contributed by atoms with van der Waals surface area (Å²) in [6.07, 6.45) is 0.159. The SMILES string of the molecule is CCOC(=O)c1ccccc1NC(=O)CCNc1ccc(F)c(Cl)c1. The molecule has 0 atom stereocenters. The molecule has 5 nitrogen and oxygen atoms in total. The molecule has 2 N–H and O–H groups in total. The highest BCUT2D eigenvalue weighted by atomic mass is 35.5. The highest BCUT2D eigenvalue weighted by Crippen LogP contribution is 2.19. The first kappa shape index (κ1) is 18.7. The van der Waals surface area contributed by atoms with Gasteiger partial charge in [0.15, 0.2) is 0 Å². The lowest BCUT2D eigenvalue weighted by molar-refractivity contribution is -0.115. The number of amides is 1. The number of carbonyl (C=O) groups is 2. The van der Waals surface area contributed by atoms with E-state index in [1.54, 1.807) is 31.2 Å². The smallest absolute Gasteiger partial charge is 0.340 e. The number of anilines is 2. The number of benzene rings is 2. The summed E-state index contributed by atoms with van der Waals surface area (Å²) < 4.78 is 18.1. The van der Waals surface area contributed by atoms with E-state index < -0.39 is 11.8 Å². The van der Waals surface area contributed by atoms with Crippen molar-refractivity contribution in [3.05, 3.63) is 58.9 Å². The van der Waals surface area contributed by atoms with E-state index in [-0.39, 0.29) is 24.0 Å². The average molecular weight is 365 g/mol. The van der Waals surface area contributed by atoms with Gasteiger partial charge >= 0.3 is 5.97 Å². The molecule has 0 saturated carbocycles. The first-order valence-electron chi connectivity index (χ1n) is 7.76. The van der Waals surface area contributed by atoms with Crippen LogP contribution in [0.4, 0.5) is 15.8 Å². The Labute approximate surface area is 150 Å². The summed E-state index contributed by atoms with van der Waals surface area (Å²) in [5.41, 5.74) is 1.32. The molecule has 0 radical (unpaired) electrons. The molecule has 25 heavy (non-hydrogen) atoms. The van der Waals surface area contributed by atoms with Crippen LogP contribution in [0, 0.1) is 5.82 Å². The molecule has 7 heteroatoms. The summed E-state index contributed by atoms with van der Waals surface area (Å²) in [7, 11) is 0. The van der Waals surface area contributed by atoms with Gasteiger partial charge < -0.3 is 15.4 Å². The van der Waals surface area contributed by atoms with Crippen molar-refractivity contribution in [1.29, 1.82) is 0 Å². The Hall–Kier alpha value is -2.60. The van der Waals surface area contributed by atoms with Crippen LogP contribution in [0.5, 0.6) is 0 Å². The molecule has 0 spiro atoms. The van der Waals surface area contributed by atoms with Crippen LogP contribution in [0.3, 0.4) is 0 Å². The van der Waals surface area contributed by atoms with Crippen molar-refractivity contribution in [2.24, 2.45) is 0 Å². The number of carbonyl (C=O) groups excluding carboxylic acids is 2. The van der Waals surface area contributed by atoms with Gasteiger partial charge in [-0.15, -0.1) is 0 Å². The third kappa shape index (κ3) is 5.46. The Morgan fingerprint density at radius 3 is 2.68 bits per heavy atom. The topological polar surface area (TPSA) is 67.4 Å². The Kier molecular flexibility index (Phi) is 6.77. The van der Waals surface area contributed by atoms with Gasteiger partial charge in [-0.25, -0.2) is 9.18 Å². The predicted octanol–water partition coefficient (Wildman–Crippen LogP) is 4.10. The molecule has 132 valence electrons. The van der Waals surface area contributed by atoms with Crippen molar-refractivity contribution in [2.75, 3.05) is 23.8 Å². The molecule has 1 amide bonds. The van der Waals surface area contributed by atoms with Crippen LogP contribution in [0.1, 0.15) is 23.7 Å². The molecule has 0 aliphatic heterocycles. The zero-order valence-corrected chi connectivity index (χ0v) is 14.4. The molecular formula is C18H18ClFN2O3. The maximum atomic E-state index is 13.1. The van der Waals surface area contributed by atoms with Crippen LogP contribution in [0.2, 0.25) is 5.02 Å². The lowest BCUT2D eigenvalue weighted by Gasteiger charge is -2.11. The lowest BCUT2D eigenvalue weighted by atomic mass is 10.1.